The molecule has 0 radical (unpaired) electrons. The summed E-state index contributed by atoms with van der Waals surface area (Å²) in [4.78, 5) is 22.3. The zero-order chi connectivity index (χ0) is 15.4. The number of anilines is 2. The largest absolute Gasteiger partial charge is 0.465 e. The van der Waals surface area contributed by atoms with Gasteiger partial charge in [0, 0.05) is 11.4 Å². The lowest BCUT2D eigenvalue weighted by atomic mass is 10.2. The monoisotopic (exact) mass is 292 g/mol. The molecule has 3 N–H and O–H groups in total. The van der Waals surface area contributed by atoms with Gasteiger partial charge in [-0.1, -0.05) is 6.07 Å². The fourth-order valence-electron chi connectivity index (χ4n) is 1.64. The first-order valence-corrected chi connectivity index (χ1v) is 5.83. The van der Waals surface area contributed by atoms with Crippen LogP contribution in [-0.4, -0.2) is 17.1 Å². The fraction of sp³-hybridized carbons (Fsp3) is 0. The Morgan fingerprint density at radius 1 is 0.905 bits per heavy atom. The quantitative estimate of drug-likeness (QED) is 0.812. The van der Waals surface area contributed by atoms with Crippen molar-refractivity contribution in [3.05, 3.63) is 59.7 Å². The highest BCUT2D eigenvalue weighted by atomic mass is 19.2. The van der Waals surface area contributed by atoms with Gasteiger partial charge in [0.1, 0.15) is 0 Å². The molecule has 0 fully saturated rings. The summed E-state index contributed by atoms with van der Waals surface area (Å²) >= 11 is 0. The molecule has 2 aromatic rings. The molecule has 0 atom stereocenters. The number of carbonyl (C=O) groups is 2. The number of carboxylic acid groups (broad SMARTS) is 1. The SMILES string of the molecule is O=C(O)Nc1ccc(NC(=O)c2cccc(F)c2F)cc1. The molecule has 0 bridgehead atoms. The fourth-order valence-corrected chi connectivity index (χ4v) is 1.64. The van der Waals surface area contributed by atoms with E-state index >= 15 is 0 Å². The summed E-state index contributed by atoms with van der Waals surface area (Å²) in [6.45, 7) is 0. The molecule has 0 aliphatic carbocycles. The van der Waals surface area contributed by atoms with E-state index in [9.17, 15) is 18.4 Å². The summed E-state index contributed by atoms with van der Waals surface area (Å²) < 4.78 is 26.5. The standard InChI is InChI=1S/C14H10F2N2O3/c15-11-3-1-2-10(12(11)16)13(19)17-8-4-6-9(7-5-8)18-14(20)21/h1-7,18H,(H,17,19)(H,20,21). The van der Waals surface area contributed by atoms with Gasteiger partial charge in [0.15, 0.2) is 11.6 Å². The van der Waals surface area contributed by atoms with Gasteiger partial charge in [-0.15, -0.1) is 0 Å². The minimum Gasteiger partial charge on any atom is -0.465 e. The molecular weight excluding hydrogens is 282 g/mol. The first kappa shape index (κ1) is 14.4. The number of nitrogens with one attached hydrogen (secondary N) is 2. The molecule has 5 nitrogen and oxygen atoms in total. The third-order valence-electron chi connectivity index (χ3n) is 2.59. The smallest absolute Gasteiger partial charge is 0.409 e. The van der Waals surface area contributed by atoms with Crippen LogP contribution in [-0.2, 0) is 0 Å². The maximum atomic E-state index is 13.5. The van der Waals surface area contributed by atoms with Crippen LogP contribution in [0.15, 0.2) is 42.5 Å². The van der Waals surface area contributed by atoms with Crippen molar-refractivity contribution in [3.63, 3.8) is 0 Å². The van der Waals surface area contributed by atoms with Gasteiger partial charge in [-0.3, -0.25) is 10.1 Å². The molecule has 2 amide bonds. The zero-order valence-electron chi connectivity index (χ0n) is 10.6. The lowest BCUT2D eigenvalue weighted by Gasteiger charge is -2.07. The lowest BCUT2D eigenvalue weighted by Crippen LogP contribution is -2.14. The van der Waals surface area contributed by atoms with Gasteiger partial charge in [0.25, 0.3) is 5.91 Å². The van der Waals surface area contributed by atoms with Crippen LogP contribution in [0.1, 0.15) is 10.4 Å². The molecule has 0 unspecified atom stereocenters. The maximum Gasteiger partial charge on any atom is 0.409 e. The Morgan fingerprint density at radius 2 is 1.48 bits per heavy atom. The summed E-state index contributed by atoms with van der Waals surface area (Å²) in [7, 11) is 0. The van der Waals surface area contributed by atoms with E-state index in [2.05, 4.69) is 10.6 Å². The van der Waals surface area contributed by atoms with E-state index in [0.29, 0.717) is 11.4 Å². The predicted molar refractivity (Wildman–Crippen MR) is 72.4 cm³/mol. The second-order valence-corrected chi connectivity index (χ2v) is 4.06. The molecule has 21 heavy (non-hydrogen) atoms. The highest BCUT2D eigenvalue weighted by Gasteiger charge is 2.15. The van der Waals surface area contributed by atoms with Crippen LogP contribution < -0.4 is 10.6 Å². The Balaban J connectivity index is 2.12. The van der Waals surface area contributed by atoms with E-state index in [1.807, 2.05) is 0 Å². The molecule has 2 aromatic carbocycles. The topological polar surface area (TPSA) is 78.4 Å². The summed E-state index contributed by atoms with van der Waals surface area (Å²) in [5, 5.41) is 13.0. The second-order valence-electron chi connectivity index (χ2n) is 4.06. The van der Waals surface area contributed by atoms with E-state index in [4.69, 9.17) is 5.11 Å². The van der Waals surface area contributed by atoms with Gasteiger partial charge in [-0.2, -0.15) is 0 Å². The summed E-state index contributed by atoms with van der Waals surface area (Å²) in [6, 6.07) is 9.01. The van der Waals surface area contributed by atoms with Crippen molar-refractivity contribution in [1.82, 2.24) is 0 Å². The maximum absolute atomic E-state index is 13.5. The van der Waals surface area contributed by atoms with Crippen LogP contribution in [0.4, 0.5) is 25.0 Å². The third-order valence-corrected chi connectivity index (χ3v) is 2.59. The number of hydrogen-bond donors (Lipinski definition) is 3. The molecule has 0 heterocycles. The van der Waals surface area contributed by atoms with Gasteiger partial charge in [-0.25, -0.2) is 13.6 Å². The van der Waals surface area contributed by atoms with E-state index in [1.165, 1.54) is 30.3 Å². The highest BCUT2D eigenvalue weighted by Crippen LogP contribution is 2.16. The van der Waals surface area contributed by atoms with Crippen molar-refractivity contribution < 1.29 is 23.5 Å². The summed E-state index contributed by atoms with van der Waals surface area (Å²) in [5.41, 5.74) is 0.222. The van der Waals surface area contributed by atoms with Crippen LogP contribution in [0.25, 0.3) is 0 Å². The Bertz CT molecular complexity index is 687. The number of rotatable bonds is 3. The van der Waals surface area contributed by atoms with Gasteiger partial charge in [0.2, 0.25) is 0 Å². The van der Waals surface area contributed by atoms with Crippen molar-refractivity contribution >= 4 is 23.4 Å². The van der Waals surface area contributed by atoms with E-state index < -0.39 is 29.2 Å². The van der Waals surface area contributed by atoms with E-state index in [1.54, 1.807) is 0 Å². The average molecular weight is 292 g/mol. The summed E-state index contributed by atoms with van der Waals surface area (Å²) in [5.74, 6) is -3.13. The molecule has 108 valence electrons. The molecule has 2 rings (SSSR count). The van der Waals surface area contributed by atoms with Gasteiger partial charge < -0.3 is 10.4 Å². The molecule has 0 aromatic heterocycles. The lowest BCUT2D eigenvalue weighted by molar-refractivity contribution is 0.102. The molecule has 0 aliphatic heterocycles. The van der Waals surface area contributed by atoms with Crippen molar-refractivity contribution in [2.45, 2.75) is 0 Å². The number of benzene rings is 2. The van der Waals surface area contributed by atoms with Gasteiger partial charge >= 0.3 is 6.09 Å². The minimum atomic E-state index is -1.22. The first-order chi connectivity index (χ1) is 9.97. The number of amides is 2. The second kappa shape index (κ2) is 6.00. The van der Waals surface area contributed by atoms with Gasteiger partial charge in [0.05, 0.1) is 5.56 Å². The first-order valence-electron chi connectivity index (χ1n) is 5.83. The van der Waals surface area contributed by atoms with Crippen LogP contribution in [0, 0.1) is 11.6 Å². The molecule has 7 heteroatoms. The van der Waals surface area contributed by atoms with E-state index in [-0.39, 0.29) is 0 Å². The molecule has 0 saturated heterocycles. The summed E-state index contributed by atoms with van der Waals surface area (Å²) in [6.07, 6.45) is -1.21. The molecule has 0 saturated carbocycles. The molecule has 0 aliphatic rings. The molecular formula is C14H10F2N2O3. The van der Waals surface area contributed by atoms with Crippen LogP contribution in [0.2, 0.25) is 0 Å². The Labute approximate surface area is 118 Å². The third kappa shape index (κ3) is 3.53. The van der Waals surface area contributed by atoms with Crippen molar-refractivity contribution in [3.8, 4) is 0 Å². The van der Waals surface area contributed by atoms with Crippen LogP contribution in [0.3, 0.4) is 0 Å². The predicted octanol–water partition coefficient (Wildman–Crippen LogP) is 3.31. The Hall–Kier alpha value is -2.96. The van der Waals surface area contributed by atoms with E-state index in [0.717, 1.165) is 12.1 Å². The number of carbonyl (C=O) groups excluding carboxylic acids is 1. The number of hydrogen-bond acceptors (Lipinski definition) is 2. The minimum absolute atomic E-state index is 0.317. The average Bonchev–Trinajstić information content (AvgIpc) is 2.43. The highest BCUT2D eigenvalue weighted by molar-refractivity contribution is 6.04. The molecule has 0 spiro atoms. The Kier molecular flexibility index (Phi) is 4.13. The van der Waals surface area contributed by atoms with Crippen molar-refractivity contribution in [1.29, 1.82) is 0 Å². The zero-order valence-corrected chi connectivity index (χ0v) is 10.6. The number of halogens is 2. The Morgan fingerprint density at radius 3 is 2.05 bits per heavy atom. The van der Waals surface area contributed by atoms with Gasteiger partial charge in [-0.05, 0) is 36.4 Å². The van der Waals surface area contributed by atoms with Crippen molar-refractivity contribution in [2.75, 3.05) is 10.6 Å². The normalized spacial score (nSPS) is 10.0. The van der Waals surface area contributed by atoms with Crippen molar-refractivity contribution in [2.24, 2.45) is 0 Å². The van der Waals surface area contributed by atoms with Crippen LogP contribution >= 0.6 is 0 Å². The van der Waals surface area contributed by atoms with Crippen LogP contribution in [0.5, 0.6) is 0 Å².